The topological polar surface area (TPSA) is 98.9 Å². The van der Waals surface area contributed by atoms with E-state index in [2.05, 4.69) is 25.8 Å². The number of ether oxygens (including phenoxy) is 2. The number of nitrogens with zero attached hydrogens (tertiary/aromatic N) is 1. The van der Waals surface area contributed by atoms with Crippen LogP contribution >= 0.6 is 23.4 Å². The van der Waals surface area contributed by atoms with E-state index >= 15 is 0 Å². The van der Waals surface area contributed by atoms with E-state index in [-0.39, 0.29) is 46.6 Å². The third-order valence-corrected chi connectivity index (χ3v) is 11.9. The normalized spacial score (nSPS) is 41.1. The summed E-state index contributed by atoms with van der Waals surface area (Å²) in [4.78, 5) is 31.2. The van der Waals surface area contributed by atoms with Crippen molar-refractivity contribution >= 4 is 46.0 Å². The Morgan fingerprint density at radius 1 is 1.29 bits per heavy atom. The number of fused-ring (bicyclic) bond motifs is 8. The first kappa shape index (κ1) is 27.8. The molecule has 7 nitrogen and oxygen atoms in total. The van der Waals surface area contributed by atoms with Crippen LogP contribution in [0.5, 0.6) is 0 Å². The number of hydrogen-bond donors (Lipinski definition) is 1. The van der Waals surface area contributed by atoms with Crippen LogP contribution in [0.15, 0.2) is 51.6 Å². The number of carbonyl (C=O) groups excluding carboxylic acids is 2. The summed E-state index contributed by atoms with van der Waals surface area (Å²) in [6.45, 7) is 6.39. The van der Waals surface area contributed by atoms with Gasteiger partial charge >= 0.3 is 0 Å². The van der Waals surface area contributed by atoms with Gasteiger partial charge in [0.1, 0.15) is 5.52 Å². The molecule has 9 heteroatoms. The van der Waals surface area contributed by atoms with Gasteiger partial charge in [-0.2, -0.15) is 0 Å². The van der Waals surface area contributed by atoms with Crippen LogP contribution in [-0.4, -0.2) is 51.5 Å². The zero-order chi connectivity index (χ0) is 28.7. The maximum absolute atomic E-state index is 14.4. The summed E-state index contributed by atoms with van der Waals surface area (Å²) in [7, 11) is 0. The van der Waals surface area contributed by atoms with Crippen molar-refractivity contribution in [1.29, 1.82) is 0 Å². The molecular formula is C32H36ClNO6S. The lowest BCUT2D eigenvalue weighted by atomic mass is 9.46. The van der Waals surface area contributed by atoms with Crippen molar-refractivity contribution in [3.63, 3.8) is 0 Å². The van der Waals surface area contributed by atoms with Crippen molar-refractivity contribution in [3.05, 3.63) is 47.0 Å². The number of allylic oxidation sites excluding steroid dienone is 4. The lowest BCUT2D eigenvalue weighted by Gasteiger charge is -2.59. The summed E-state index contributed by atoms with van der Waals surface area (Å²) < 4.78 is 19.2. The summed E-state index contributed by atoms with van der Waals surface area (Å²) in [6.07, 6.45) is 8.43. The third-order valence-electron chi connectivity index (χ3n) is 10.9. The van der Waals surface area contributed by atoms with Crippen LogP contribution in [0.25, 0.3) is 11.1 Å². The molecule has 0 spiro atoms. The van der Waals surface area contributed by atoms with Crippen molar-refractivity contribution in [3.8, 4) is 0 Å². The Morgan fingerprint density at radius 2 is 2.12 bits per heavy atom. The Balaban J connectivity index is 1.21. The van der Waals surface area contributed by atoms with E-state index in [9.17, 15) is 14.7 Å². The molecule has 6 unspecified atom stereocenters. The summed E-state index contributed by atoms with van der Waals surface area (Å²) in [5.74, 6) is 0.422. The van der Waals surface area contributed by atoms with Gasteiger partial charge in [-0.15, -0.1) is 0 Å². The van der Waals surface area contributed by atoms with Gasteiger partial charge in [-0.3, -0.25) is 9.59 Å². The van der Waals surface area contributed by atoms with Crippen molar-refractivity contribution in [2.24, 2.45) is 28.6 Å². The molecule has 0 amide bonds. The maximum atomic E-state index is 14.4. The molecule has 7 rings (SSSR count). The van der Waals surface area contributed by atoms with Gasteiger partial charge in [0, 0.05) is 21.8 Å². The van der Waals surface area contributed by atoms with Gasteiger partial charge < -0.3 is 19.0 Å². The van der Waals surface area contributed by atoms with Crippen LogP contribution in [0.4, 0.5) is 0 Å². The second kappa shape index (κ2) is 9.78. The molecule has 0 radical (unpaired) electrons. The lowest BCUT2D eigenvalue weighted by molar-refractivity contribution is -0.197. The molecule has 218 valence electrons. The van der Waals surface area contributed by atoms with E-state index in [1.54, 1.807) is 30.4 Å². The predicted octanol–water partition coefficient (Wildman–Crippen LogP) is 6.31. The molecule has 4 fully saturated rings. The fourth-order valence-electron chi connectivity index (χ4n) is 9.18. The minimum absolute atomic E-state index is 0.0225. The van der Waals surface area contributed by atoms with Crippen LogP contribution in [0.2, 0.25) is 5.02 Å². The number of hydrogen-bond acceptors (Lipinski definition) is 8. The largest absolute Gasteiger partial charge is 0.431 e. The molecule has 1 aromatic heterocycles. The average molecular weight is 598 g/mol. The number of aliphatic hydroxyl groups is 1. The zero-order valence-electron chi connectivity index (χ0n) is 23.6. The minimum atomic E-state index is -1.15. The maximum Gasteiger partial charge on any atom is 0.257 e. The Labute approximate surface area is 249 Å². The monoisotopic (exact) mass is 597 g/mol. The summed E-state index contributed by atoms with van der Waals surface area (Å²) >= 11 is 7.38. The number of rotatable bonds is 6. The number of halogens is 1. The van der Waals surface area contributed by atoms with Gasteiger partial charge in [0.2, 0.25) is 0 Å². The first-order valence-electron chi connectivity index (χ1n) is 14.8. The standard InChI is InChI=1S/C32H36ClNO6S/c1-4-5-27-39-26-14-21-20-8-6-17-12-19(35)10-11-30(17,2)28(20)23(36)15-31(21,3)32(26,40-27)25(37)16-41-29-34-22-13-18(33)7-9-24(22)38-29/h7,9-13,20-21,23,26-28,36H,4-6,8,14-16H2,1-3H3/t20?,21?,23?,26-,27-,28?,30?,31?,32-/m1/s1. The van der Waals surface area contributed by atoms with Gasteiger partial charge in [0.05, 0.1) is 18.0 Å². The quantitative estimate of drug-likeness (QED) is 0.387. The molecule has 41 heavy (non-hydrogen) atoms. The lowest BCUT2D eigenvalue weighted by Crippen LogP contribution is -2.63. The number of aliphatic hydroxyl groups excluding tert-OH is 1. The number of ketones is 2. The molecule has 2 heterocycles. The van der Waals surface area contributed by atoms with E-state index in [4.69, 9.17) is 25.5 Å². The third kappa shape index (κ3) is 4.00. The second-order valence-electron chi connectivity index (χ2n) is 12.9. The highest BCUT2D eigenvalue weighted by molar-refractivity contribution is 7.99. The summed E-state index contributed by atoms with van der Waals surface area (Å²) in [5, 5.41) is 12.9. The predicted molar refractivity (Wildman–Crippen MR) is 156 cm³/mol. The fraction of sp³-hybridized carbons (Fsp3) is 0.594. The molecule has 4 aliphatic carbocycles. The number of benzene rings is 1. The zero-order valence-corrected chi connectivity index (χ0v) is 25.2. The molecule has 3 saturated carbocycles. The van der Waals surface area contributed by atoms with Gasteiger partial charge in [-0.05, 0) is 74.3 Å². The Hall–Kier alpha value is -1.97. The van der Waals surface area contributed by atoms with Gasteiger partial charge in [-0.1, -0.05) is 62.2 Å². The Morgan fingerprint density at radius 3 is 2.93 bits per heavy atom. The average Bonchev–Trinajstić information content (AvgIpc) is 3.57. The van der Waals surface area contributed by atoms with E-state index in [0.717, 1.165) is 31.3 Å². The van der Waals surface area contributed by atoms with E-state index in [1.165, 1.54) is 11.8 Å². The summed E-state index contributed by atoms with van der Waals surface area (Å²) in [5.41, 5.74) is 0.268. The number of aromatic nitrogens is 1. The van der Waals surface area contributed by atoms with Crippen LogP contribution in [0.3, 0.4) is 0 Å². The molecule has 1 saturated heterocycles. The first-order chi connectivity index (χ1) is 19.6. The first-order valence-corrected chi connectivity index (χ1v) is 16.1. The number of Topliss-reactive ketones (excluding diaryl/α,β-unsaturated/α-hetero) is 1. The molecule has 0 bridgehead atoms. The SMILES string of the molecule is CCC[C@@H]1O[C@@H]2CC3C4CCC5=CC(=O)C=CC5(C)C4C(O)CC3(C)[C@]2(C(=O)CSc2nc3cc(Cl)ccc3o2)O1. The smallest absolute Gasteiger partial charge is 0.257 e. The molecule has 5 aliphatic rings. The van der Waals surface area contributed by atoms with Crippen molar-refractivity contribution in [2.75, 3.05) is 5.75 Å². The van der Waals surface area contributed by atoms with Crippen molar-refractivity contribution in [2.45, 2.75) is 88.6 Å². The molecule has 9 atom stereocenters. The molecule has 1 aliphatic heterocycles. The highest BCUT2D eigenvalue weighted by atomic mass is 35.5. The van der Waals surface area contributed by atoms with Gasteiger partial charge in [-0.25, -0.2) is 4.98 Å². The highest BCUT2D eigenvalue weighted by Crippen LogP contribution is 2.69. The van der Waals surface area contributed by atoms with E-state index in [1.807, 2.05) is 6.08 Å². The second-order valence-corrected chi connectivity index (χ2v) is 14.3. The Bertz CT molecular complexity index is 1490. The number of oxazole rings is 1. The van der Waals surface area contributed by atoms with Crippen LogP contribution in [0, 0.1) is 28.6 Å². The van der Waals surface area contributed by atoms with Crippen LogP contribution in [-0.2, 0) is 19.1 Å². The molecule has 2 aromatic rings. The van der Waals surface area contributed by atoms with Crippen molar-refractivity contribution < 1.29 is 28.6 Å². The molecular weight excluding hydrogens is 562 g/mol. The van der Waals surface area contributed by atoms with Crippen LogP contribution < -0.4 is 0 Å². The Kier molecular flexibility index (Phi) is 6.64. The van der Waals surface area contributed by atoms with E-state index < -0.39 is 23.4 Å². The van der Waals surface area contributed by atoms with Crippen molar-refractivity contribution in [1.82, 2.24) is 4.98 Å². The van der Waals surface area contributed by atoms with Gasteiger partial charge in [0.15, 0.2) is 29.0 Å². The summed E-state index contributed by atoms with van der Waals surface area (Å²) in [6, 6.07) is 5.28. The number of thioether (sulfide) groups is 1. The van der Waals surface area contributed by atoms with Crippen LogP contribution in [0.1, 0.15) is 59.3 Å². The van der Waals surface area contributed by atoms with Gasteiger partial charge in [0.25, 0.3) is 5.22 Å². The molecule has 1 aromatic carbocycles. The molecule has 1 N–H and O–H groups in total. The minimum Gasteiger partial charge on any atom is -0.431 e. The number of carbonyl (C=O) groups is 2. The fourth-order valence-corrected chi connectivity index (χ4v) is 10.1. The van der Waals surface area contributed by atoms with E-state index in [0.29, 0.717) is 34.2 Å². The highest BCUT2D eigenvalue weighted by Gasteiger charge is 2.75.